The molecule has 0 bridgehead atoms. The Hall–Kier alpha value is -3.26. The molecule has 5 rings (SSSR count). The minimum absolute atomic E-state index is 0.114. The molecule has 8 nitrogen and oxygen atoms in total. The van der Waals surface area contributed by atoms with Gasteiger partial charge < -0.3 is 15.0 Å². The first kappa shape index (κ1) is 21.0. The Balaban J connectivity index is 0.000000730. The normalized spacial score (nSPS) is 16.0. The van der Waals surface area contributed by atoms with Crippen molar-refractivity contribution in [2.24, 2.45) is 0 Å². The van der Waals surface area contributed by atoms with Crippen LogP contribution in [0.25, 0.3) is 11.2 Å². The summed E-state index contributed by atoms with van der Waals surface area (Å²) >= 11 is 0. The number of likely N-dealkylation sites (tertiary alicyclic amines) is 1. The largest absolute Gasteiger partial charge is 0.483 e. The van der Waals surface area contributed by atoms with Crippen molar-refractivity contribution in [3.8, 4) is 0 Å². The summed E-state index contributed by atoms with van der Waals surface area (Å²) in [6.07, 6.45) is 8.48. The van der Waals surface area contributed by atoms with Crippen LogP contribution in [0.4, 0.5) is 0 Å². The first-order valence-corrected chi connectivity index (χ1v) is 10.7. The molecule has 2 fully saturated rings. The van der Waals surface area contributed by atoms with Gasteiger partial charge in [-0.1, -0.05) is 24.3 Å². The average molecular weight is 422 g/mol. The molecule has 0 spiro atoms. The highest BCUT2D eigenvalue weighted by atomic mass is 16.3. The number of rotatable bonds is 6. The third-order valence-electron chi connectivity index (χ3n) is 5.70. The van der Waals surface area contributed by atoms with Gasteiger partial charge in [-0.2, -0.15) is 0 Å². The molecule has 1 saturated heterocycles. The van der Waals surface area contributed by atoms with Crippen molar-refractivity contribution < 1.29 is 14.7 Å². The molecule has 1 amide bonds. The lowest BCUT2D eigenvalue weighted by molar-refractivity contribution is -0.122. The van der Waals surface area contributed by atoms with Crippen LogP contribution < -0.4 is 5.32 Å². The van der Waals surface area contributed by atoms with Crippen LogP contribution >= 0.6 is 0 Å². The maximum atomic E-state index is 12.5. The number of fused-ring (bicyclic) bond motifs is 1. The molecule has 3 aromatic rings. The molecule has 0 atom stereocenters. The van der Waals surface area contributed by atoms with Crippen molar-refractivity contribution in [1.82, 2.24) is 24.8 Å². The maximum Gasteiger partial charge on any atom is 0.290 e. The fourth-order valence-electron chi connectivity index (χ4n) is 3.91. The Bertz CT molecular complexity index is 1040. The van der Waals surface area contributed by atoms with Crippen LogP contribution in [0.2, 0.25) is 0 Å². The van der Waals surface area contributed by atoms with Gasteiger partial charge in [0.2, 0.25) is 0 Å². The number of carbonyl (C=O) groups is 2. The van der Waals surface area contributed by atoms with Crippen molar-refractivity contribution in [2.45, 2.75) is 44.8 Å². The third kappa shape index (κ3) is 5.27. The summed E-state index contributed by atoms with van der Waals surface area (Å²) in [5.41, 5.74) is 4.64. The number of carboxylic acid groups (broad SMARTS) is 1. The summed E-state index contributed by atoms with van der Waals surface area (Å²) in [5, 5.41) is 9.88. The molecule has 0 unspecified atom stereocenters. The molecule has 2 aromatic heterocycles. The minimum Gasteiger partial charge on any atom is -0.483 e. The highest BCUT2D eigenvalue weighted by Gasteiger charge is 2.25. The first-order chi connectivity index (χ1) is 15.2. The number of nitrogens with one attached hydrogen (secondary N) is 1. The van der Waals surface area contributed by atoms with Crippen molar-refractivity contribution in [3.63, 3.8) is 0 Å². The smallest absolute Gasteiger partial charge is 0.290 e. The number of benzene rings is 1. The Labute approximate surface area is 180 Å². The third-order valence-corrected chi connectivity index (χ3v) is 5.70. The molecule has 8 heteroatoms. The zero-order chi connectivity index (χ0) is 21.6. The molecule has 1 aliphatic carbocycles. The number of aromatic nitrogens is 3. The Morgan fingerprint density at radius 3 is 2.48 bits per heavy atom. The number of imidazole rings is 1. The minimum atomic E-state index is -0.250. The van der Waals surface area contributed by atoms with Crippen LogP contribution in [0.15, 0.2) is 42.9 Å². The molecular weight excluding hydrogens is 394 g/mol. The summed E-state index contributed by atoms with van der Waals surface area (Å²) in [6, 6.07) is 10.9. The average Bonchev–Trinajstić information content (AvgIpc) is 3.33. The Morgan fingerprint density at radius 2 is 1.81 bits per heavy atom. The van der Waals surface area contributed by atoms with E-state index in [1.165, 1.54) is 44.3 Å². The fraction of sp³-hybridized carbons (Fsp3) is 0.391. The van der Waals surface area contributed by atoms with Crippen LogP contribution in [0.1, 0.15) is 53.2 Å². The SMILES string of the molecule is O=C(NCc1ccc(CN2CCCC2)cc1)c1cnc2c(c1)ncn2C1CC1.O=CO. The topological polar surface area (TPSA) is 100 Å². The van der Waals surface area contributed by atoms with E-state index in [0.29, 0.717) is 18.2 Å². The number of carbonyl (C=O) groups excluding carboxylic acids is 1. The van der Waals surface area contributed by atoms with Crippen LogP contribution in [-0.4, -0.2) is 50.0 Å². The summed E-state index contributed by atoms with van der Waals surface area (Å²) in [7, 11) is 0. The Kier molecular flexibility index (Phi) is 6.57. The van der Waals surface area contributed by atoms with Crippen molar-refractivity contribution in [3.05, 3.63) is 59.5 Å². The number of pyridine rings is 1. The van der Waals surface area contributed by atoms with E-state index in [2.05, 4.69) is 49.0 Å². The highest BCUT2D eigenvalue weighted by molar-refractivity contribution is 5.96. The number of nitrogens with zero attached hydrogens (tertiary/aromatic N) is 4. The summed E-state index contributed by atoms with van der Waals surface area (Å²) in [5.74, 6) is -0.114. The van der Waals surface area contributed by atoms with E-state index in [-0.39, 0.29) is 12.4 Å². The molecule has 162 valence electrons. The lowest BCUT2D eigenvalue weighted by Crippen LogP contribution is -2.23. The second-order valence-electron chi connectivity index (χ2n) is 8.04. The number of hydrogen-bond acceptors (Lipinski definition) is 5. The molecule has 3 heterocycles. The van der Waals surface area contributed by atoms with Crippen LogP contribution in [0.3, 0.4) is 0 Å². The Morgan fingerprint density at radius 1 is 1.13 bits per heavy atom. The van der Waals surface area contributed by atoms with E-state index in [1.54, 1.807) is 6.20 Å². The van der Waals surface area contributed by atoms with E-state index in [0.717, 1.165) is 23.3 Å². The second kappa shape index (κ2) is 9.70. The standard InChI is InChI=1S/C22H25N5O.CH2O2/c28-22(18-11-20-21(23-13-18)27(15-25-20)19-7-8-19)24-12-16-3-5-17(6-4-16)14-26-9-1-2-10-26;2-1-3/h3-6,11,13,15,19H,1-2,7-10,12,14H2,(H,24,28);1H,(H,2,3). The van der Waals surface area contributed by atoms with Gasteiger partial charge in [-0.15, -0.1) is 0 Å². The zero-order valence-corrected chi connectivity index (χ0v) is 17.4. The van der Waals surface area contributed by atoms with Gasteiger partial charge in [-0.3, -0.25) is 14.5 Å². The van der Waals surface area contributed by atoms with Crippen molar-refractivity contribution in [1.29, 1.82) is 0 Å². The van der Waals surface area contributed by atoms with Gasteiger partial charge in [0.1, 0.15) is 5.52 Å². The lowest BCUT2D eigenvalue weighted by atomic mass is 10.1. The van der Waals surface area contributed by atoms with E-state index >= 15 is 0 Å². The van der Waals surface area contributed by atoms with Crippen LogP contribution in [0.5, 0.6) is 0 Å². The van der Waals surface area contributed by atoms with E-state index in [4.69, 9.17) is 9.90 Å². The molecule has 0 radical (unpaired) electrons. The van der Waals surface area contributed by atoms with E-state index in [1.807, 2.05) is 12.4 Å². The summed E-state index contributed by atoms with van der Waals surface area (Å²) in [4.78, 5) is 32.3. The van der Waals surface area contributed by atoms with Crippen molar-refractivity contribution >= 4 is 23.5 Å². The molecule has 31 heavy (non-hydrogen) atoms. The second-order valence-corrected chi connectivity index (χ2v) is 8.04. The lowest BCUT2D eigenvalue weighted by Gasteiger charge is -2.14. The molecule has 1 aromatic carbocycles. The molecule has 1 saturated carbocycles. The molecule has 2 N–H and O–H groups in total. The predicted octanol–water partition coefficient (Wildman–Crippen LogP) is 2.99. The van der Waals surface area contributed by atoms with E-state index in [9.17, 15) is 4.79 Å². The maximum absolute atomic E-state index is 12.5. The monoisotopic (exact) mass is 421 g/mol. The molecule has 2 aliphatic rings. The summed E-state index contributed by atoms with van der Waals surface area (Å²) in [6.45, 7) is 3.69. The number of hydrogen-bond donors (Lipinski definition) is 2. The first-order valence-electron chi connectivity index (χ1n) is 10.7. The van der Waals surface area contributed by atoms with Gasteiger partial charge >= 0.3 is 0 Å². The van der Waals surface area contributed by atoms with Gasteiger partial charge in [0.25, 0.3) is 12.4 Å². The van der Waals surface area contributed by atoms with Gasteiger partial charge in [0.15, 0.2) is 5.65 Å². The van der Waals surface area contributed by atoms with Crippen LogP contribution in [-0.2, 0) is 17.9 Å². The van der Waals surface area contributed by atoms with Crippen molar-refractivity contribution in [2.75, 3.05) is 13.1 Å². The van der Waals surface area contributed by atoms with Gasteiger partial charge in [0.05, 0.1) is 11.9 Å². The number of amides is 1. The van der Waals surface area contributed by atoms with Gasteiger partial charge in [0, 0.05) is 25.3 Å². The summed E-state index contributed by atoms with van der Waals surface area (Å²) < 4.78 is 2.11. The van der Waals surface area contributed by atoms with Gasteiger partial charge in [-0.25, -0.2) is 9.97 Å². The van der Waals surface area contributed by atoms with E-state index < -0.39 is 0 Å². The predicted molar refractivity (Wildman–Crippen MR) is 117 cm³/mol. The fourth-order valence-corrected chi connectivity index (χ4v) is 3.91. The van der Waals surface area contributed by atoms with Crippen LogP contribution in [0, 0.1) is 0 Å². The molecule has 1 aliphatic heterocycles. The zero-order valence-electron chi connectivity index (χ0n) is 17.4. The quantitative estimate of drug-likeness (QED) is 0.594. The highest BCUT2D eigenvalue weighted by Crippen LogP contribution is 2.36. The van der Waals surface area contributed by atoms with Gasteiger partial charge in [-0.05, 0) is 56.0 Å². The molecular formula is C23H27N5O3.